The molecule has 0 saturated carbocycles. The van der Waals surface area contributed by atoms with Gasteiger partial charge in [0.1, 0.15) is 0 Å². The summed E-state index contributed by atoms with van der Waals surface area (Å²) in [6, 6.07) is 14.4. The van der Waals surface area contributed by atoms with Crippen molar-refractivity contribution in [3.8, 4) is 47.4 Å². The number of benzene rings is 1. The van der Waals surface area contributed by atoms with E-state index in [4.69, 9.17) is 0 Å². The third-order valence-corrected chi connectivity index (χ3v) is 7.17. The first-order valence-electron chi connectivity index (χ1n) is 11.7. The number of rotatable bonds is 7. The Bertz CT molecular complexity index is 1370. The molecule has 0 aliphatic rings. The molecule has 0 aliphatic heterocycles. The van der Waals surface area contributed by atoms with Crippen molar-refractivity contribution in [2.45, 2.75) is 52.4 Å². The van der Waals surface area contributed by atoms with Crippen LogP contribution in [0.5, 0.6) is 0 Å². The highest BCUT2D eigenvalue weighted by atomic mass is 32.1. The molecule has 0 atom stereocenters. The molecular weight excluding hydrogens is 448 g/mol. The SMILES string of the molecule is C=Cc1cc(C#CC#Cc2ccc(CCCC)s2)ccc1C#CC#Cc1ccc(CCCC)s1. The molecule has 0 N–H and O–H groups in total. The van der Waals surface area contributed by atoms with Gasteiger partial charge < -0.3 is 0 Å². The fraction of sp³-hybridized carbons (Fsp3) is 0.250. The van der Waals surface area contributed by atoms with Gasteiger partial charge in [0.2, 0.25) is 0 Å². The Morgan fingerprint density at radius 1 is 0.706 bits per heavy atom. The molecule has 2 aromatic heterocycles. The molecule has 0 bridgehead atoms. The summed E-state index contributed by atoms with van der Waals surface area (Å²) in [5.41, 5.74) is 2.74. The van der Waals surface area contributed by atoms with E-state index in [9.17, 15) is 0 Å². The maximum atomic E-state index is 3.92. The number of aryl methyl sites for hydroxylation is 2. The molecule has 0 radical (unpaired) electrons. The van der Waals surface area contributed by atoms with Gasteiger partial charge >= 0.3 is 0 Å². The molecule has 0 unspecified atom stereocenters. The van der Waals surface area contributed by atoms with Crippen LogP contribution in [0.25, 0.3) is 6.08 Å². The minimum absolute atomic E-state index is 0.897. The van der Waals surface area contributed by atoms with E-state index in [1.165, 1.54) is 35.4 Å². The zero-order chi connectivity index (χ0) is 24.0. The molecule has 168 valence electrons. The Hall–Kier alpha value is -3.40. The van der Waals surface area contributed by atoms with Crippen molar-refractivity contribution in [3.63, 3.8) is 0 Å². The van der Waals surface area contributed by atoms with E-state index < -0.39 is 0 Å². The Morgan fingerprint density at radius 2 is 1.26 bits per heavy atom. The van der Waals surface area contributed by atoms with Gasteiger partial charge in [-0.05, 0) is 109 Å². The van der Waals surface area contributed by atoms with E-state index in [1.54, 1.807) is 28.7 Å². The molecule has 34 heavy (non-hydrogen) atoms. The van der Waals surface area contributed by atoms with Gasteiger partial charge in [0.15, 0.2) is 0 Å². The van der Waals surface area contributed by atoms with Crippen LogP contribution in [0.3, 0.4) is 0 Å². The fourth-order valence-electron chi connectivity index (χ4n) is 3.17. The summed E-state index contributed by atoms with van der Waals surface area (Å²) in [7, 11) is 0. The normalized spacial score (nSPS) is 9.35. The highest BCUT2D eigenvalue weighted by Gasteiger charge is 1.99. The molecule has 0 spiro atoms. The molecule has 1 aromatic carbocycles. The van der Waals surface area contributed by atoms with E-state index >= 15 is 0 Å². The number of hydrogen-bond acceptors (Lipinski definition) is 2. The number of hydrogen-bond donors (Lipinski definition) is 0. The Morgan fingerprint density at radius 3 is 1.82 bits per heavy atom. The van der Waals surface area contributed by atoms with Gasteiger partial charge in [-0.2, -0.15) is 0 Å². The smallest absolute Gasteiger partial charge is 0.0781 e. The first-order chi connectivity index (χ1) is 16.7. The lowest BCUT2D eigenvalue weighted by Gasteiger charge is -1.98. The molecule has 0 fully saturated rings. The summed E-state index contributed by atoms with van der Waals surface area (Å²) >= 11 is 3.52. The Labute approximate surface area is 213 Å². The molecule has 3 rings (SSSR count). The molecule has 2 heteroatoms. The average molecular weight is 477 g/mol. The summed E-state index contributed by atoms with van der Waals surface area (Å²) in [5.74, 6) is 24.4. The van der Waals surface area contributed by atoms with Crippen LogP contribution in [0, 0.1) is 47.4 Å². The second-order valence-corrected chi connectivity index (χ2v) is 10.1. The third kappa shape index (κ3) is 8.18. The fourth-order valence-corrected chi connectivity index (χ4v) is 4.98. The van der Waals surface area contributed by atoms with Crippen molar-refractivity contribution < 1.29 is 0 Å². The summed E-state index contributed by atoms with van der Waals surface area (Å²) in [5, 5.41) is 0. The molecule has 0 nitrogen and oxygen atoms in total. The summed E-state index contributed by atoms with van der Waals surface area (Å²) < 4.78 is 0. The first-order valence-corrected chi connectivity index (χ1v) is 13.3. The van der Waals surface area contributed by atoms with Gasteiger partial charge in [0, 0.05) is 20.9 Å². The van der Waals surface area contributed by atoms with E-state index in [0.29, 0.717) is 0 Å². The summed E-state index contributed by atoms with van der Waals surface area (Å²) in [4.78, 5) is 4.92. The largest absolute Gasteiger partial charge is 0.132 e. The molecule has 0 amide bonds. The molecular formula is C32H28S2. The van der Waals surface area contributed by atoms with Crippen LogP contribution in [-0.4, -0.2) is 0 Å². The molecule has 0 saturated heterocycles. The van der Waals surface area contributed by atoms with Gasteiger partial charge in [-0.25, -0.2) is 0 Å². The van der Waals surface area contributed by atoms with Crippen LogP contribution in [-0.2, 0) is 12.8 Å². The van der Waals surface area contributed by atoms with Crippen LogP contribution in [0.2, 0.25) is 0 Å². The topological polar surface area (TPSA) is 0 Å². The van der Waals surface area contributed by atoms with Crippen molar-refractivity contribution >= 4 is 28.7 Å². The first kappa shape index (κ1) is 25.2. The molecule has 2 heterocycles. The third-order valence-electron chi connectivity index (χ3n) is 5.05. The van der Waals surface area contributed by atoms with Crippen LogP contribution in [0.15, 0.2) is 49.0 Å². The van der Waals surface area contributed by atoms with Gasteiger partial charge in [0.25, 0.3) is 0 Å². The minimum atomic E-state index is 0.897. The van der Waals surface area contributed by atoms with Crippen LogP contribution < -0.4 is 0 Å². The highest BCUT2D eigenvalue weighted by molar-refractivity contribution is 7.12. The second kappa shape index (κ2) is 14.0. The summed E-state index contributed by atoms with van der Waals surface area (Å²) in [6.07, 6.45) is 8.93. The van der Waals surface area contributed by atoms with Gasteiger partial charge in [-0.15, -0.1) is 22.7 Å². The van der Waals surface area contributed by atoms with Crippen molar-refractivity contribution in [3.05, 3.63) is 85.2 Å². The van der Waals surface area contributed by atoms with Crippen molar-refractivity contribution in [1.29, 1.82) is 0 Å². The van der Waals surface area contributed by atoms with Crippen LogP contribution in [0.4, 0.5) is 0 Å². The number of thiophene rings is 2. The predicted octanol–water partition coefficient (Wildman–Crippen LogP) is 7.94. The Balaban J connectivity index is 1.64. The lowest BCUT2D eigenvalue weighted by atomic mass is 10.0. The maximum Gasteiger partial charge on any atom is 0.0781 e. The summed E-state index contributed by atoms with van der Waals surface area (Å²) in [6.45, 7) is 8.34. The van der Waals surface area contributed by atoms with Gasteiger partial charge in [-0.1, -0.05) is 51.2 Å². The van der Waals surface area contributed by atoms with Crippen LogP contribution in [0.1, 0.15) is 75.7 Å². The standard InChI is InChI=1S/C32H28S2/c1-4-7-15-29-21-23-31(33-29)17-11-9-13-26-19-20-28(27(6-3)25-26)14-10-12-18-32-24-22-30(34-32)16-8-5-2/h6,19-25H,3-5,7-8,15-16H2,1-2H3. The van der Waals surface area contributed by atoms with E-state index in [0.717, 1.165) is 39.3 Å². The van der Waals surface area contributed by atoms with Crippen LogP contribution >= 0.6 is 22.7 Å². The molecule has 0 aliphatic carbocycles. The highest BCUT2D eigenvalue weighted by Crippen LogP contribution is 2.18. The van der Waals surface area contributed by atoms with Gasteiger partial charge in [-0.3, -0.25) is 0 Å². The maximum absolute atomic E-state index is 3.92. The van der Waals surface area contributed by atoms with Crippen molar-refractivity contribution in [2.75, 3.05) is 0 Å². The quantitative estimate of drug-likeness (QED) is 0.304. The minimum Gasteiger partial charge on any atom is -0.132 e. The Kier molecular flexibility index (Phi) is 10.4. The average Bonchev–Trinajstić information content (AvgIpc) is 3.51. The lowest BCUT2D eigenvalue weighted by Crippen LogP contribution is -1.84. The predicted molar refractivity (Wildman–Crippen MR) is 150 cm³/mol. The van der Waals surface area contributed by atoms with Crippen molar-refractivity contribution in [1.82, 2.24) is 0 Å². The lowest BCUT2D eigenvalue weighted by molar-refractivity contribution is 0.804. The van der Waals surface area contributed by atoms with Gasteiger partial charge in [0.05, 0.1) is 9.75 Å². The van der Waals surface area contributed by atoms with E-state index in [-0.39, 0.29) is 0 Å². The van der Waals surface area contributed by atoms with E-state index in [1.807, 2.05) is 18.2 Å². The molecule has 3 aromatic rings. The van der Waals surface area contributed by atoms with Crippen molar-refractivity contribution in [2.24, 2.45) is 0 Å². The number of unbranched alkanes of at least 4 members (excludes halogenated alkanes) is 2. The van der Waals surface area contributed by atoms with E-state index in [2.05, 4.69) is 92.1 Å². The monoisotopic (exact) mass is 476 g/mol. The second-order valence-electron chi connectivity index (χ2n) is 7.75. The zero-order valence-electron chi connectivity index (χ0n) is 19.9. The zero-order valence-corrected chi connectivity index (χ0v) is 21.5.